The molecule has 31 heavy (non-hydrogen) atoms. The van der Waals surface area contributed by atoms with Crippen LogP contribution in [0.3, 0.4) is 0 Å². The molecule has 1 amide bonds. The summed E-state index contributed by atoms with van der Waals surface area (Å²) in [5.41, 5.74) is -1.05. The average molecular weight is 449 g/mol. The van der Waals surface area contributed by atoms with Crippen LogP contribution in [-0.4, -0.2) is 54.7 Å². The fraction of sp³-hybridized carbons (Fsp3) is 0.238. The number of piperazine rings is 1. The lowest BCUT2D eigenvalue weighted by Gasteiger charge is -2.34. The van der Waals surface area contributed by atoms with Crippen molar-refractivity contribution in [3.05, 3.63) is 72.1 Å². The zero-order valence-electron chi connectivity index (χ0n) is 16.2. The number of benzene rings is 2. The van der Waals surface area contributed by atoms with E-state index in [9.17, 15) is 26.4 Å². The number of amides is 1. The molecule has 1 aliphatic heterocycles. The summed E-state index contributed by atoms with van der Waals surface area (Å²) in [7, 11) is -3.73. The fourth-order valence-electron chi connectivity index (χ4n) is 3.48. The molecule has 1 aliphatic rings. The van der Waals surface area contributed by atoms with Crippen molar-refractivity contribution in [2.24, 2.45) is 0 Å². The van der Waals surface area contributed by atoms with Gasteiger partial charge in [0.25, 0.3) is 5.91 Å². The monoisotopic (exact) mass is 449 g/mol. The van der Waals surface area contributed by atoms with E-state index < -0.39 is 27.8 Å². The summed E-state index contributed by atoms with van der Waals surface area (Å²) in [5, 5.41) is 1.74. The minimum absolute atomic E-state index is 0.0267. The number of hydrogen-bond acceptors (Lipinski definition) is 4. The Morgan fingerprint density at radius 2 is 1.58 bits per heavy atom. The summed E-state index contributed by atoms with van der Waals surface area (Å²) in [6.07, 6.45) is -3.69. The van der Waals surface area contributed by atoms with Crippen LogP contribution in [0.4, 0.5) is 13.2 Å². The Balaban J connectivity index is 1.45. The Morgan fingerprint density at radius 1 is 0.903 bits per heavy atom. The van der Waals surface area contributed by atoms with Gasteiger partial charge in [0, 0.05) is 32.4 Å². The number of rotatable bonds is 3. The largest absolute Gasteiger partial charge is 0.433 e. The highest BCUT2D eigenvalue weighted by Gasteiger charge is 2.33. The van der Waals surface area contributed by atoms with E-state index in [1.54, 1.807) is 18.2 Å². The second-order valence-corrected chi connectivity index (χ2v) is 9.07. The molecule has 0 atom stereocenters. The summed E-state index contributed by atoms with van der Waals surface area (Å²) in [5.74, 6) is -0.482. The maximum absolute atomic E-state index is 13.0. The van der Waals surface area contributed by atoms with Crippen LogP contribution >= 0.6 is 0 Å². The lowest BCUT2D eigenvalue weighted by Crippen LogP contribution is -2.50. The van der Waals surface area contributed by atoms with Gasteiger partial charge in [-0.25, -0.2) is 8.42 Å². The Hall–Kier alpha value is -2.98. The molecule has 6 nitrogen and oxygen atoms in total. The molecule has 162 valence electrons. The second-order valence-electron chi connectivity index (χ2n) is 7.14. The van der Waals surface area contributed by atoms with Crippen molar-refractivity contribution >= 4 is 26.7 Å². The molecule has 3 aromatic rings. The van der Waals surface area contributed by atoms with Crippen molar-refractivity contribution in [3.8, 4) is 0 Å². The average Bonchev–Trinajstić information content (AvgIpc) is 2.78. The lowest BCUT2D eigenvalue weighted by atomic mass is 10.1. The highest BCUT2D eigenvalue weighted by molar-refractivity contribution is 7.89. The first-order valence-corrected chi connectivity index (χ1v) is 10.9. The molecule has 2 heterocycles. The Bertz CT molecular complexity index is 1220. The molecule has 0 spiro atoms. The number of pyridine rings is 1. The van der Waals surface area contributed by atoms with Crippen LogP contribution in [-0.2, 0) is 16.2 Å². The normalized spacial score (nSPS) is 15.9. The molecule has 0 saturated carbocycles. The zero-order chi connectivity index (χ0) is 22.2. The van der Waals surface area contributed by atoms with E-state index >= 15 is 0 Å². The number of hydrogen-bond donors (Lipinski definition) is 0. The van der Waals surface area contributed by atoms with Crippen LogP contribution in [0.5, 0.6) is 0 Å². The van der Waals surface area contributed by atoms with Gasteiger partial charge in [0.1, 0.15) is 5.69 Å². The molecule has 4 rings (SSSR count). The van der Waals surface area contributed by atoms with Crippen molar-refractivity contribution in [1.29, 1.82) is 0 Å². The molecular weight excluding hydrogens is 431 g/mol. The third kappa shape index (κ3) is 4.26. The molecule has 0 unspecified atom stereocenters. The zero-order valence-corrected chi connectivity index (χ0v) is 17.0. The van der Waals surface area contributed by atoms with E-state index in [-0.39, 0.29) is 36.6 Å². The first kappa shape index (κ1) is 21.3. The minimum atomic E-state index is -4.58. The third-order valence-electron chi connectivity index (χ3n) is 5.19. The Kier molecular flexibility index (Phi) is 5.44. The highest BCUT2D eigenvalue weighted by atomic mass is 32.2. The number of carbonyl (C=O) groups is 1. The number of aromatic nitrogens is 1. The molecule has 1 saturated heterocycles. The van der Waals surface area contributed by atoms with Gasteiger partial charge in [0.05, 0.1) is 10.5 Å². The fourth-order valence-corrected chi connectivity index (χ4v) is 4.94. The number of sulfonamides is 1. The van der Waals surface area contributed by atoms with E-state index in [4.69, 9.17) is 0 Å². The van der Waals surface area contributed by atoms with Gasteiger partial charge in [-0.2, -0.15) is 17.5 Å². The van der Waals surface area contributed by atoms with Gasteiger partial charge in [-0.3, -0.25) is 9.78 Å². The number of carbonyl (C=O) groups excluding carboxylic acids is 1. The standard InChI is InChI=1S/C21H18F3N3O3S/c22-21(23,24)19-8-6-17(14-25-19)20(28)26-9-11-27(12-10-26)31(29,30)18-7-5-15-3-1-2-4-16(15)13-18/h1-8,13-14H,9-12H2. The van der Waals surface area contributed by atoms with E-state index in [1.165, 1.54) is 9.21 Å². The third-order valence-corrected chi connectivity index (χ3v) is 7.08. The predicted octanol–water partition coefficient (Wildman–Crippen LogP) is 3.40. The molecule has 2 aromatic carbocycles. The molecule has 10 heteroatoms. The van der Waals surface area contributed by atoms with E-state index in [2.05, 4.69) is 4.98 Å². The van der Waals surface area contributed by atoms with Gasteiger partial charge in [0.2, 0.25) is 10.0 Å². The van der Waals surface area contributed by atoms with E-state index in [1.807, 2.05) is 24.3 Å². The SMILES string of the molecule is O=C(c1ccc(C(F)(F)F)nc1)N1CCN(S(=O)(=O)c2ccc3ccccc3c2)CC1. The summed E-state index contributed by atoms with van der Waals surface area (Å²) in [6.45, 7) is 0.448. The van der Waals surface area contributed by atoms with Crippen molar-refractivity contribution in [3.63, 3.8) is 0 Å². The van der Waals surface area contributed by atoms with Crippen molar-refractivity contribution in [2.45, 2.75) is 11.1 Å². The Morgan fingerprint density at radius 3 is 2.19 bits per heavy atom. The van der Waals surface area contributed by atoms with Gasteiger partial charge in [-0.05, 0) is 35.0 Å². The van der Waals surface area contributed by atoms with Crippen LogP contribution in [0.15, 0.2) is 65.7 Å². The first-order valence-electron chi connectivity index (χ1n) is 9.48. The topological polar surface area (TPSA) is 70.6 Å². The molecule has 0 bridgehead atoms. The summed E-state index contributed by atoms with van der Waals surface area (Å²) < 4.78 is 65.2. The molecular formula is C21H18F3N3O3S. The van der Waals surface area contributed by atoms with Crippen molar-refractivity contribution in [2.75, 3.05) is 26.2 Å². The highest BCUT2D eigenvalue weighted by Crippen LogP contribution is 2.27. The first-order chi connectivity index (χ1) is 14.7. The van der Waals surface area contributed by atoms with Crippen LogP contribution in [0.25, 0.3) is 10.8 Å². The number of nitrogens with zero attached hydrogens (tertiary/aromatic N) is 3. The number of fused-ring (bicyclic) bond motifs is 1. The van der Waals surface area contributed by atoms with E-state index in [0.717, 1.165) is 29.1 Å². The predicted molar refractivity (Wildman–Crippen MR) is 108 cm³/mol. The van der Waals surface area contributed by atoms with Crippen LogP contribution in [0.2, 0.25) is 0 Å². The Labute approximate surface area is 177 Å². The second kappa shape index (κ2) is 7.93. The summed E-state index contributed by atoms with van der Waals surface area (Å²) in [6, 6.07) is 14.2. The van der Waals surface area contributed by atoms with Crippen LogP contribution in [0.1, 0.15) is 16.1 Å². The number of halogens is 3. The van der Waals surface area contributed by atoms with Crippen LogP contribution in [0, 0.1) is 0 Å². The van der Waals surface area contributed by atoms with Gasteiger partial charge in [0.15, 0.2) is 0 Å². The number of alkyl halides is 3. The van der Waals surface area contributed by atoms with Gasteiger partial charge in [-0.1, -0.05) is 30.3 Å². The molecule has 1 aromatic heterocycles. The minimum Gasteiger partial charge on any atom is -0.336 e. The molecule has 0 radical (unpaired) electrons. The summed E-state index contributed by atoms with van der Waals surface area (Å²) >= 11 is 0. The van der Waals surface area contributed by atoms with Crippen LogP contribution < -0.4 is 0 Å². The summed E-state index contributed by atoms with van der Waals surface area (Å²) in [4.78, 5) is 17.5. The van der Waals surface area contributed by atoms with Crippen molar-refractivity contribution < 1.29 is 26.4 Å². The van der Waals surface area contributed by atoms with Gasteiger partial charge < -0.3 is 4.90 Å². The molecule has 0 N–H and O–H groups in total. The maximum Gasteiger partial charge on any atom is 0.433 e. The maximum atomic E-state index is 13.0. The quantitative estimate of drug-likeness (QED) is 0.615. The molecule has 0 aliphatic carbocycles. The van der Waals surface area contributed by atoms with Gasteiger partial charge in [-0.15, -0.1) is 0 Å². The van der Waals surface area contributed by atoms with E-state index in [0.29, 0.717) is 0 Å². The molecule has 1 fully saturated rings. The smallest absolute Gasteiger partial charge is 0.336 e. The van der Waals surface area contributed by atoms with Gasteiger partial charge >= 0.3 is 6.18 Å². The van der Waals surface area contributed by atoms with Crippen molar-refractivity contribution in [1.82, 2.24) is 14.2 Å². The lowest BCUT2D eigenvalue weighted by molar-refractivity contribution is -0.141.